The molecule has 0 radical (unpaired) electrons. The lowest BCUT2D eigenvalue weighted by Crippen LogP contribution is -2.50. The van der Waals surface area contributed by atoms with Crippen LogP contribution in [0.25, 0.3) is 0 Å². The number of rotatable bonds is 6. The minimum Gasteiger partial charge on any atom is -0.376 e. The zero-order chi connectivity index (χ0) is 13.6. The van der Waals surface area contributed by atoms with Gasteiger partial charge in [-0.1, -0.05) is 44.9 Å². The van der Waals surface area contributed by atoms with Crippen LogP contribution in [-0.4, -0.2) is 24.9 Å². The number of ether oxygens (including phenoxy) is 2. The van der Waals surface area contributed by atoms with Crippen LogP contribution in [0.5, 0.6) is 0 Å². The molecule has 0 bridgehead atoms. The Balaban J connectivity index is 2.04. The van der Waals surface area contributed by atoms with Gasteiger partial charge in [-0.2, -0.15) is 0 Å². The van der Waals surface area contributed by atoms with Gasteiger partial charge in [0.25, 0.3) is 0 Å². The molecular formula is C17H32O2. The summed E-state index contributed by atoms with van der Waals surface area (Å²) in [6, 6.07) is 0. The van der Waals surface area contributed by atoms with Gasteiger partial charge >= 0.3 is 0 Å². The van der Waals surface area contributed by atoms with Gasteiger partial charge in [-0.25, -0.2) is 0 Å². The van der Waals surface area contributed by atoms with E-state index in [2.05, 4.69) is 13.8 Å². The predicted molar refractivity (Wildman–Crippen MR) is 79.4 cm³/mol. The summed E-state index contributed by atoms with van der Waals surface area (Å²) >= 11 is 0. The van der Waals surface area contributed by atoms with Crippen molar-refractivity contribution in [2.24, 2.45) is 5.92 Å². The molecule has 0 aromatic heterocycles. The van der Waals surface area contributed by atoms with Crippen molar-refractivity contribution in [3.63, 3.8) is 0 Å². The van der Waals surface area contributed by atoms with Crippen LogP contribution in [0, 0.1) is 5.92 Å². The minimum atomic E-state index is 0.0328. The van der Waals surface area contributed by atoms with Gasteiger partial charge in [0, 0.05) is 13.2 Å². The molecule has 2 atom stereocenters. The van der Waals surface area contributed by atoms with Crippen LogP contribution >= 0.6 is 0 Å². The topological polar surface area (TPSA) is 18.5 Å². The summed E-state index contributed by atoms with van der Waals surface area (Å²) in [7, 11) is 0. The summed E-state index contributed by atoms with van der Waals surface area (Å²) in [5.74, 6) is 0.876. The molecule has 0 aromatic carbocycles. The first-order valence-corrected chi connectivity index (χ1v) is 8.56. The lowest BCUT2D eigenvalue weighted by molar-refractivity contribution is -0.172. The second-order valence-corrected chi connectivity index (χ2v) is 6.40. The molecule has 0 aromatic rings. The van der Waals surface area contributed by atoms with E-state index < -0.39 is 0 Å². The van der Waals surface area contributed by atoms with Crippen molar-refractivity contribution in [3.8, 4) is 0 Å². The third-order valence-electron chi connectivity index (χ3n) is 5.06. The van der Waals surface area contributed by atoms with Gasteiger partial charge < -0.3 is 9.47 Å². The zero-order valence-corrected chi connectivity index (χ0v) is 13.0. The Morgan fingerprint density at radius 1 is 0.895 bits per heavy atom. The molecule has 2 nitrogen and oxygen atoms in total. The highest BCUT2D eigenvalue weighted by molar-refractivity contribution is 4.95. The summed E-state index contributed by atoms with van der Waals surface area (Å²) in [4.78, 5) is 0. The Morgan fingerprint density at radius 2 is 1.63 bits per heavy atom. The molecular weight excluding hydrogens is 236 g/mol. The van der Waals surface area contributed by atoms with E-state index in [1.807, 2.05) is 0 Å². The summed E-state index contributed by atoms with van der Waals surface area (Å²) in [6.07, 6.45) is 13.7. The Bertz CT molecular complexity index is 242. The molecule has 0 N–H and O–H groups in total. The summed E-state index contributed by atoms with van der Waals surface area (Å²) in [5, 5.41) is 0. The van der Waals surface area contributed by atoms with Gasteiger partial charge in [0.15, 0.2) is 0 Å². The van der Waals surface area contributed by atoms with Crippen LogP contribution in [0.3, 0.4) is 0 Å². The maximum atomic E-state index is 6.31. The van der Waals surface area contributed by atoms with Crippen molar-refractivity contribution >= 4 is 0 Å². The first-order chi connectivity index (χ1) is 9.30. The van der Waals surface area contributed by atoms with E-state index in [1.54, 1.807) is 0 Å². The molecule has 0 spiro atoms. The van der Waals surface area contributed by atoms with E-state index in [0.29, 0.717) is 6.10 Å². The monoisotopic (exact) mass is 268 g/mol. The third-order valence-corrected chi connectivity index (χ3v) is 5.06. The summed E-state index contributed by atoms with van der Waals surface area (Å²) in [6.45, 7) is 5.91. The fourth-order valence-electron chi connectivity index (χ4n) is 4.24. The van der Waals surface area contributed by atoms with Gasteiger partial charge in [-0.3, -0.25) is 0 Å². The largest absolute Gasteiger partial charge is 0.376 e. The third kappa shape index (κ3) is 3.95. The molecule has 2 heteroatoms. The van der Waals surface area contributed by atoms with Crippen molar-refractivity contribution < 1.29 is 9.47 Å². The van der Waals surface area contributed by atoms with Crippen LogP contribution in [0.4, 0.5) is 0 Å². The van der Waals surface area contributed by atoms with Gasteiger partial charge in [-0.05, 0) is 39.0 Å². The van der Waals surface area contributed by atoms with Crippen LogP contribution in [-0.2, 0) is 9.47 Å². The normalized spacial score (nSPS) is 33.5. The molecule has 0 amide bonds. The molecule has 19 heavy (non-hydrogen) atoms. The first-order valence-electron chi connectivity index (χ1n) is 8.56. The van der Waals surface area contributed by atoms with Crippen LogP contribution in [0.15, 0.2) is 0 Å². The molecule has 0 saturated heterocycles. The fourth-order valence-corrected chi connectivity index (χ4v) is 4.24. The average Bonchev–Trinajstić information content (AvgIpc) is 2.43. The van der Waals surface area contributed by atoms with Gasteiger partial charge in [0.2, 0.25) is 0 Å². The highest BCUT2D eigenvalue weighted by Gasteiger charge is 2.43. The molecule has 2 fully saturated rings. The van der Waals surface area contributed by atoms with E-state index in [9.17, 15) is 0 Å². The number of hydrogen-bond acceptors (Lipinski definition) is 2. The Hall–Kier alpha value is -0.0800. The quantitative estimate of drug-likeness (QED) is 0.694. The first kappa shape index (κ1) is 15.3. The minimum absolute atomic E-state index is 0.0328. The smallest absolute Gasteiger partial charge is 0.0945 e. The molecule has 2 rings (SSSR count). The van der Waals surface area contributed by atoms with Crippen LogP contribution in [0.2, 0.25) is 0 Å². The zero-order valence-electron chi connectivity index (χ0n) is 13.0. The maximum absolute atomic E-state index is 6.31. The van der Waals surface area contributed by atoms with Crippen molar-refractivity contribution in [1.82, 2.24) is 0 Å². The highest BCUT2D eigenvalue weighted by Crippen LogP contribution is 2.42. The van der Waals surface area contributed by atoms with Crippen LogP contribution < -0.4 is 0 Å². The summed E-state index contributed by atoms with van der Waals surface area (Å²) in [5.41, 5.74) is 0.0328. The summed E-state index contributed by atoms with van der Waals surface area (Å²) < 4.78 is 12.4. The molecule has 0 heterocycles. The Labute approximate surface area is 119 Å². The number of hydrogen-bond donors (Lipinski definition) is 0. The van der Waals surface area contributed by atoms with E-state index in [0.717, 1.165) is 19.1 Å². The molecule has 2 unspecified atom stereocenters. The predicted octanol–water partition coefficient (Wildman–Crippen LogP) is 4.71. The SMILES string of the molecule is CCOC1CCCCC1(CC1CCCCC1)OCC. The average molecular weight is 268 g/mol. The van der Waals surface area contributed by atoms with E-state index in [4.69, 9.17) is 9.47 Å². The molecule has 0 aliphatic heterocycles. The van der Waals surface area contributed by atoms with Gasteiger partial charge in [-0.15, -0.1) is 0 Å². The molecule has 2 aliphatic rings. The van der Waals surface area contributed by atoms with Crippen LogP contribution in [0.1, 0.15) is 78.1 Å². The van der Waals surface area contributed by atoms with E-state index >= 15 is 0 Å². The molecule has 112 valence electrons. The lowest BCUT2D eigenvalue weighted by atomic mass is 9.73. The second-order valence-electron chi connectivity index (χ2n) is 6.40. The van der Waals surface area contributed by atoms with Crippen molar-refractivity contribution in [2.45, 2.75) is 89.8 Å². The lowest BCUT2D eigenvalue weighted by Gasteiger charge is -2.45. The van der Waals surface area contributed by atoms with E-state index in [-0.39, 0.29) is 5.60 Å². The van der Waals surface area contributed by atoms with Gasteiger partial charge in [0.05, 0.1) is 11.7 Å². The van der Waals surface area contributed by atoms with Crippen molar-refractivity contribution in [2.75, 3.05) is 13.2 Å². The molecule has 2 aliphatic carbocycles. The Morgan fingerprint density at radius 3 is 2.32 bits per heavy atom. The van der Waals surface area contributed by atoms with Crippen molar-refractivity contribution in [1.29, 1.82) is 0 Å². The molecule has 2 saturated carbocycles. The maximum Gasteiger partial charge on any atom is 0.0945 e. The fraction of sp³-hybridized carbons (Fsp3) is 1.00. The Kier molecular flexibility index (Phi) is 6.15. The standard InChI is InChI=1S/C17H32O2/c1-3-18-16-12-8-9-13-17(16,19-4-2)14-15-10-6-5-7-11-15/h15-16H,3-14H2,1-2H3. The van der Waals surface area contributed by atoms with Crippen molar-refractivity contribution in [3.05, 3.63) is 0 Å². The van der Waals surface area contributed by atoms with Gasteiger partial charge in [0.1, 0.15) is 0 Å². The highest BCUT2D eigenvalue weighted by atomic mass is 16.5. The second kappa shape index (κ2) is 7.64. The van der Waals surface area contributed by atoms with E-state index in [1.165, 1.54) is 64.2 Å².